The van der Waals surface area contributed by atoms with Gasteiger partial charge >= 0.3 is 0 Å². The minimum atomic E-state index is -3.53. The van der Waals surface area contributed by atoms with E-state index in [0.717, 1.165) is 5.56 Å². The zero-order chi connectivity index (χ0) is 12.3. The smallest absolute Gasteiger partial charge is 0.258 e. The maximum Gasteiger partial charge on any atom is 0.258 e. The monoisotopic (exact) mass is 251 g/mol. The number of hydrogen-bond donors (Lipinski definition) is 2. The lowest BCUT2D eigenvalue weighted by molar-refractivity contribution is 0.562. The highest BCUT2D eigenvalue weighted by molar-refractivity contribution is 7.89. The van der Waals surface area contributed by atoms with E-state index in [-0.39, 0.29) is 11.1 Å². The molecule has 2 rings (SSSR count). The van der Waals surface area contributed by atoms with E-state index in [4.69, 9.17) is 0 Å². The molecule has 1 aromatic heterocycles. The number of aromatic amines is 1. The van der Waals surface area contributed by atoms with Gasteiger partial charge in [-0.25, -0.2) is 13.1 Å². The average molecular weight is 251 g/mol. The van der Waals surface area contributed by atoms with Crippen LogP contribution in [0.15, 0.2) is 47.6 Å². The molecular formula is C11H13N3O2S. The summed E-state index contributed by atoms with van der Waals surface area (Å²) >= 11 is 0. The third-order valence-electron chi connectivity index (χ3n) is 2.40. The van der Waals surface area contributed by atoms with Crippen molar-refractivity contribution in [3.63, 3.8) is 0 Å². The molecule has 0 spiro atoms. The van der Waals surface area contributed by atoms with Gasteiger partial charge in [-0.1, -0.05) is 30.3 Å². The molecule has 0 fully saturated rings. The summed E-state index contributed by atoms with van der Waals surface area (Å²) < 4.78 is 26.4. The Morgan fingerprint density at radius 2 is 1.94 bits per heavy atom. The van der Waals surface area contributed by atoms with Gasteiger partial charge in [-0.15, -0.1) is 0 Å². The van der Waals surface area contributed by atoms with Crippen molar-refractivity contribution < 1.29 is 8.42 Å². The van der Waals surface area contributed by atoms with Crippen LogP contribution in [-0.2, 0) is 10.0 Å². The fraction of sp³-hybridized carbons (Fsp3) is 0.182. The molecule has 0 aliphatic heterocycles. The number of H-pyrrole nitrogens is 1. The highest BCUT2D eigenvalue weighted by Crippen LogP contribution is 2.14. The Kier molecular flexibility index (Phi) is 3.26. The van der Waals surface area contributed by atoms with Crippen molar-refractivity contribution in [3.05, 3.63) is 48.2 Å². The van der Waals surface area contributed by atoms with Crippen molar-refractivity contribution in [2.24, 2.45) is 0 Å². The van der Waals surface area contributed by atoms with Gasteiger partial charge < -0.3 is 0 Å². The van der Waals surface area contributed by atoms with Crippen LogP contribution in [0.3, 0.4) is 0 Å². The van der Waals surface area contributed by atoms with Crippen LogP contribution in [0.5, 0.6) is 0 Å². The third-order valence-corrected chi connectivity index (χ3v) is 3.87. The largest absolute Gasteiger partial charge is 0.266 e. The fourth-order valence-corrected chi connectivity index (χ4v) is 2.64. The summed E-state index contributed by atoms with van der Waals surface area (Å²) in [6, 6.07) is 10.5. The Bertz CT molecular complexity index is 564. The number of benzene rings is 1. The summed E-state index contributed by atoms with van der Waals surface area (Å²) in [6.45, 7) is 1.79. The van der Waals surface area contributed by atoms with Crippen LogP contribution in [0, 0.1) is 0 Å². The molecule has 0 saturated carbocycles. The third kappa shape index (κ3) is 2.72. The van der Waals surface area contributed by atoms with E-state index in [1.54, 1.807) is 6.92 Å². The summed E-state index contributed by atoms with van der Waals surface area (Å²) in [6.07, 6.45) is 1.40. The van der Waals surface area contributed by atoms with Crippen molar-refractivity contribution >= 4 is 10.0 Å². The Morgan fingerprint density at radius 1 is 1.24 bits per heavy atom. The second-order valence-corrected chi connectivity index (χ2v) is 5.36. The van der Waals surface area contributed by atoms with Gasteiger partial charge in [-0.2, -0.15) is 5.10 Å². The van der Waals surface area contributed by atoms with Crippen LogP contribution >= 0.6 is 0 Å². The molecule has 0 bridgehead atoms. The van der Waals surface area contributed by atoms with Crippen molar-refractivity contribution in [2.45, 2.75) is 18.0 Å². The van der Waals surface area contributed by atoms with E-state index in [1.165, 1.54) is 12.3 Å². The minimum Gasteiger partial charge on any atom is -0.266 e. The first-order valence-corrected chi connectivity index (χ1v) is 6.64. The molecule has 5 nitrogen and oxygen atoms in total. The van der Waals surface area contributed by atoms with Crippen molar-refractivity contribution in [3.8, 4) is 0 Å². The first-order valence-electron chi connectivity index (χ1n) is 5.16. The normalized spacial score (nSPS) is 13.5. The van der Waals surface area contributed by atoms with E-state index in [1.807, 2.05) is 30.3 Å². The molecular weight excluding hydrogens is 238 g/mol. The lowest BCUT2D eigenvalue weighted by atomic mass is 10.1. The number of nitrogens with one attached hydrogen (secondary N) is 2. The van der Waals surface area contributed by atoms with Gasteiger partial charge in [0.05, 0.1) is 6.20 Å². The first kappa shape index (κ1) is 11.8. The topological polar surface area (TPSA) is 74.8 Å². The Hall–Kier alpha value is -1.66. The number of hydrogen-bond acceptors (Lipinski definition) is 3. The van der Waals surface area contributed by atoms with Gasteiger partial charge in [0.25, 0.3) is 10.0 Å². The second kappa shape index (κ2) is 4.68. The van der Waals surface area contributed by atoms with E-state index in [0.29, 0.717) is 0 Å². The van der Waals surface area contributed by atoms with Crippen molar-refractivity contribution in [1.29, 1.82) is 0 Å². The fourth-order valence-electron chi connectivity index (χ4n) is 1.50. The zero-order valence-electron chi connectivity index (χ0n) is 9.29. The molecule has 1 heterocycles. The first-order chi connectivity index (χ1) is 8.09. The van der Waals surface area contributed by atoms with Crippen LogP contribution in [-0.4, -0.2) is 18.6 Å². The summed E-state index contributed by atoms with van der Waals surface area (Å²) in [5.41, 5.74) is 0.913. The summed E-state index contributed by atoms with van der Waals surface area (Å²) in [5.74, 6) is 0. The van der Waals surface area contributed by atoms with E-state index in [2.05, 4.69) is 14.9 Å². The maximum absolute atomic E-state index is 11.9. The molecule has 2 aromatic rings. The number of rotatable bonds is 4. The quantitative estimate of drug-likeness (QED) is 0.863. The highest BCUT2D eigenvalue weighted by Gasteiger charge is 2.19. The average Bonchev–Trinajstić information content (AvgIpc) is 2.84. The number of nitrogens with zero attached hydrogens (tertiary/aromatic N) is 1. The molecule has 0 aliphatic carbocycles. The lowest BCUT2D eigenvalue weighted by Crippen LogP contribution is -2.27. The SMILES string of the molecule is C[C@@H](NS(=O)(=O)c1ccn[nH]1)c1ccccc1. The molecule has 0 amide bonds. The van der Waals surface area contributed by atoms with Gasteiger partial charge in [0.15, 0.2) is 5.03 Å². The molecule has 1 aromatic carbocycles. The van der Waals surface area contributed by atoms with Gasteiger partial charge in [0, 0.05) is 6.04 Å². The van der Waals surface area contributed by atoms with E-state index in [9.17, 15) is 8.42 Å². The highest BCUT2D eigenvalue weighted by atomic mass is 32.2. The Labute approximate surface area is 99.9 Å². The summed E-state index contributed by atoms with van der Waals surface area (Å²) in [4.78, 5) is 0. The van der Waals surface area contributed by atoms with E-state index >= 15 is 0 Å². The number of aromatic nitrogens is 2. The van der Waals surface area contributed by atoms with Crippen LogP contribution < -0.4 is 4.72 Å². The van der Waals surface area contributed by atoms with Gasteiger partial charge in [0.2, 0.25) is 0 Å². The van der Waals surface area contributed by atoms with Crippen LogP contribution in [0.2, 0.25) is 0 Å². The zero-order valence-corrected chi connectivity index (χ0v) is 10.1. The molecule has 0 unspecified atom stereocenters. The van der Waals surface area contributed by atoms with Crippen molar-refractivity contribution in [2.75, 3.05) is 0 Å². The Balaban J connectivity index is 2.17. The molecule has 1 atom stereocenters. The van der Waals surface area contributed by atoms with Crippen molar-refractivity contribution in [1.82, 2.24) is 14.9 Å². The molecule has 0 saturated heterocycles. The lowest BCUT2D eigenvalue weighted by Gasteiger charge is -2.13. The summed E-state index contributed by atoms with van der Waals surface area (Å²) in [5, 5.41) is 6.13. The molecule has 17 heavy (non-hydrogen) atoms. The predicted molar refractivity (Wildman–Crippen MR) is 63.8 cm³/mol. The Morgan fingerprint density at radius 3 is 2.53 bits per heavy atom. The maximum atomic E-state index is 11.9. The second-order valence-electron chi connectivity index (χ2n) is 3.67. The van der Waals surface area contributed by atoms with E-state index < -0.39 is 10.0 Å². The van der Waals surface area contributed by atoms with Gasteiger partial charge in [-0.3, -0.25) is 5.10 Å². The standard InChI is InChI=1S/C11H13N3O2S/c1-9(10-5-3-2-4-6-10)14-17(15,16)11-7-8-12-13-11/h2-9,14H,1H3,(H,12,13)/t9-/m1/s1. The van der Waals surface area contributed by atoms with Crippen LogP contribution in [0.1, 0.15) is 18.5 Å². The molecule has 90 valence electrons. The van der Waals surface area contributed by atoms with Crippen LogP contribution in [0.25, 0.3) is 0 Å². The minimum absolute atomic E-state index is 0.0697. The van der Waals surface area contributed by atoms with Gasteiger partial charge in [0.1, 0.15) is 0 Å². The van der Waals surface area contributed by atoms with Gasteiger partial charge in [-0.05, 0) is 18.6 Å². The predicted octanol–water partition coefficient (Wildman–Crippen LogP) is 1.45. The molecule has 6 heteroatoms. The molecule has 2 N–H and O–H groups in total. The molecule has 0 radical (unpaired) electrons. The number of sulfonamides is 1. The summed E-state index contributed by atoms with van der Waals surface area (Å²) in [7, 11) is -3.53. The van der Waals surface area contributed by atoms with Crippen LogP contribution in [0.4, 0.5) is 0 Å². The molecule has 0 aliphatic rings.